The molecule has 0 bridgehead atoms. The molecule has 1 aromatic rings. The van der Waals surface area contributed by atoms with Crippen molar-refractivity contribution in [3.63, 3.8) is 0 Å². The average molecular weight is 319 g/mol. The molecule has 0 heterocycles. The molecule has 0 fully saturated rings. The van der Waals surface area contributed by atoms with Gasteiger partial charge in [0.25, 0.3) is 5.60 Å². The Morgan fingerprint density at radius 2 is 1.73 bits per heavy atom. The fraction of sp³-hybridized carbons (Fsp3) is 0.429. The summed E-state index contributed by atoms with van der Waals surface area (Å²) in [4.78, 5) is 24.1. The highest BCUT2D eigenvalue weighted by molar-refractivity contribution is 5.91. The summed E-state index contributed by atoms with van der Waals surface area (Å²) in [6.07, 6.45) is -5.24. The van der Waals surface area contributed by atoms with Crippen LogP contribution in [0.2, 0.25) is 0 Å². The second-order valence-corrected chi connectivity index (χ2v) is 4.51. The number of ether oxygens (including phenoxy) is 1. The molecule has 1 amide bonds. The molecule has 8 heteroatoms. The molecule has 0 aromatic heterocycles. The van der Waals surface area contributed by atoms with Crippen molar-refractivity contribution < 1.29 is 32.6 Å². The molecule has 1 rings (SSSR count). The molecule has 1 N–H and O–H groups in total. The highest BCUT2D eigenvalue weighted by Crippen LogP contribution is 2.40. The molecule has 0 aliphatic heterocycles. The monoisotopic (exact) mass is 319 g/mol. The summed E-state index contributed by atoms with van der Waals surface area (Å²) in [7, 11) is 0.752. The van der Waals surface area contributed by atoms with E-state index < -0.39 is 23.3 Å². The Bertz CT molecular complexity index is 556. The van der Waals surface area contributed by atoms with Gasteiger partial charge in [0.1, 0.15) is 0 Å². The van der Waals surface area contributed by atoms with E-state index in [4.69, 9.17) is 0 Å². The van der Waals surface area contributed by atoms with Crippen LogP contribution < -0.4 is 4.90 Å². The number of anilines is 1. The standard InChI is InChI=1S/C14H16F3NO4/c1-4-18(9(2)19)11-7-5-10(6-8-11)13(21,12(20)22-3)14(15,16)17/h5-8,21H,4H2,1-3H3/t13-/m0/s1. The van der Waals surface area contributed by atoms with E-state index in [0.29, 0.717) is 12.2 Å². The normalized spacial score (nSPS) is 14.1. The largest absolute Gasteiger partial charge is 0.466 e. The lowest BCUT2D eigenvalue weighted by atomic mass is 9.93. The predicted molar refractivity (Wildman–Crippen MR) is 72.1 cm³/mol. The number of aliphatic hydroxyl groups is 1. The Hall–Kier alpha value is -2.09. The minimum absolute atomic E-state index is 0.283. The van der Waals surface area contributed by atoms with Gasteiger partial charge < -0.3 is 14.7 Å². The molecule has 5 nitrogen and oxygen atoms in total. The van der Waals surface area contributed by atoms with Crippen LogP contribution in [0.5, 0.6) is 0 Å². The van der Waals surface area contributed by atoms with E-state index in [1.807, 2.05) is 0 Å². The fourth-order valence-electron chi connectivity index (χ4n) is 2.01. The van der Waals surface area contributed by atoms with E-state index in [9.17, 15) is 27.9 Å². The number of nitrogens with zero attached hydrogens (tertiary/aromatic N) is 1. The third-order valence-corrected chi connectivity index (χ3v) is 3.18. The second kappa shape index (κ2) is 6.35. The molecule has 0 spiro atoms. The average Bonchev–Trinajstić information content (AvgIpc) is 2.45. The van der Waals surface area contributed by atoms with Crippen molar-refractivity contribution in [3.05, 3.63) is 29.8 Å². The summed E-state index contributed by atoms with van der Waals surface area (Å²) in [6.45, 7) is 3.35. The van der Waals surface area contributed by atoms with E-state index in [-0.39, 0.29) is 5.91 Å². The maximum absolute atomic E-state index is 13.1. The van der Waals surface area contributed by atoms with Crippen molar-refractivity contribution in [3.8, 4) is 0 Å². The van der Waals surface area contributed by atoms with Crippen LogP contribution in [-0.4, -0.2) is 36.8 Å². The Balaban J connectivity index is 3.31. The van der Waals surface area contributed by atoms with Crippen LogP contribution in [0.15, 0.2) is 24.3 Å². The maximum atomic E-state index is 13.1. The van der Waals surface area contributed by atoms with Gasteiger partial charge in [-0.3, -0.25) is 4.79 Å². The van der Waals surface area contributed by atoms with Crippen molar-refractivity contribution in [1.82, 2.24) is 0 Å². The summed E-state index contributed by atoms with van der Waals surface area (Å²) >= 11 is 0. The first-order chi connectivity index (χ1) is 10.1. The third kappa shape index (κ3) is 3.06. The molecular formula is C14H16F3NO4. The maximum Gasteiger partial charge on any atom is 0.432 e. The fourth-order valence-corrected chi connectivity index (χ4v) is 2.01. The number of halogens is 3. The van der Waals surface area contributed by atoms with Gasteiger partial charge in [0.15, 0.2) is 0 Å². The highest BCUT2D eigenvalue weighted by atomic mass is 19.4. The summed E-state index contributed by atoms with van der Waals surface area (Å²) in [5.74, 6) is -2.11. The summed E-state index contributed by atoms with van der Waals surface area (Å²) in [5.41, 5.74) is -4.09. The molecule has 0 radical (unpaired) electrons. The van der Waals surface area contributed by atoms with Crippen molar-refractivity contribution in [2.75, 3.05) is 18.6 Å². The summed E-state index contributed by atoms with van der Waals surface area (Å²) < 4.78 is 43.3. The number of hydrogen-bond donors (Lipinski definition) is 1. The van der Waals surface area contributed by atoms with Gasteiger partial charge in [-0.25, -0.2) is 4.79 Å². The van der Waals surface area contributed by atoms with Gasteiger partial charge in [-0.2, -0.15) is 13.2 Å². The quantitative estimate of drug-likeness (QED) is 0.862. The molecule has 0 aliphatic carbocycles. The summed E-state index contributed by atoms with van der Waals surface area (Å²) in [6, 6.07) is 4.32. The highest BCUT2D eigenvalue weighted by Gasteiger charge is 2.62. The topological polar surface area (TPSA) is 66.8 Å². The Labute approximate surface area is 125 Å². The first kappa shape index (κ1) is 18.0. The molecule has 0 aliphatic rings. The molecule has 0 saturated heterocycles. The Morgan fingerprint density at radius 1 is 1.23 bits per heavy atom. The first-order valence-corrected chi connectivity index (χ1v) is 6.35. The number of methoxy groups -OCH3 is 1. The van der Waals surface area contributed by atoms with Crippen LogP contribution in [0.3, 0.4) is 0 Å². The van der Waals surface area contributed by atoms with Gasteiger partial charge in [-0.15, -0.1) is 0 Å². The smallest absolute Gasteiger partial charge is 0.432 e. The number of alkyl halides is 3. The number of rotatable bonds is 4. The zero-order chi connectivity index (χ0) is 17.1. The summed E-state index contributed by atoms with van der Waals surface area (Å²) in [5, 5.41) is 9.80. The van der Waals surface area contributed by atoms with Gasteiger partial charge in [-0.1, -0.05) is 12.1 Å². The lowest BCUT2D eigenvalue weighted by Gasteiger charge is -2.28. The molecule has 0 unspecified atom stereocenters. The second-order valence-electron chi connectivity index (χ2n) is 4.51. The van der Waals surface area contributed by atoms with Crippen LogP contribution in [-0.2, 0) is 19.9 Å². The van der Waals surface area contributed by atoms with Crippen LogP contribution in [0.1, 0.15) is 19.4 Å². The molecule has 122 valence electrons. The van der Waals surface area contributed by atoms with Gasteiger partial charge >= 0.3 is 12.1 Å². The predicted octanol–water partition coefficient (Wildman–Crippen LogP) is 1.98. The molecular weight excluding hydrogens is 303 g/mol. The van der Waals surface area contributed by atoms with Gasteiger partial charge in [-0.05, 0) is 19.1 Å². The van der Waals surface area contributed by atoms with Crippen LogP contribution in [0, 0.1) is 0 Å². The van der Waals surface area contributed by atoms with Crippen LogP contribution >= 0.6 is 0 Å². The molecule has 0 saturated carbocycles. The number of carbonyl (C=O) groups excluding carboxylic acids is 2. The van der Waals surface area contributed by atoms with Crippen molar-refractivity contribution >= 4 is 17.6 Å². The third-order valence-electron chi connectivity index (χ3n) is 3.18. The van der Waals surface area contributed by atoms with Crippen molar-refractivity contribution in [2.24, 2.45) is 0 Å². The van der Waals surface area contributed by atoms with Crippen LogP contribution in [0.25, 0.3) is 0 Å². The minimum Gasteiger partial charge on any atom is -0.466 e. The number of esters is 1. The molecule has 22 heavy (non-hydrogen) atoms. The van der Waals surface area contributed by atoms with Crippen molar-refractivity contribution in [1.29, 1.82) is 0 Å². The van der Waals surface area contributed by atoms with Crippen molar-refractivity contribution in [2.45, 2.75) is 25.6 Å². The first-order valence-electron chi connectivity index (χ1n) is 6.35. The number of carbonyl (C=O) groups is 2. The van der Waals surface area contributed by atoms with E-state index in [1.54, 1.807) is 6.92 Å². The number of benzene rings is 1. The van der Waals surface area contributed by atoms with E-state index >= 15 is 0 Å². The van der Waals surface area contributed by atoms with Crippen LogP contribution in [0.4, 0.5) is 18.9 Å². The van der Waals surface area contributed by atoms with E-state index in [0.717, 1.165) is 19.2 Å². The zero-order valence-corrected chi connectivity index (χ0v) is 12.3. The Morgan fingerprint density at radius 3 is 2.05 bits per heavy atom. The number of amides is 1. The van der Waals surface area contributed by atoms with Gasteiger partial charge in [0, 0.05) is 24.7 Å². The lowest BCUT2D eigenvalue weighted by Crippen LogP contribution is -2.49. The molecule has 1 aromatic carbocycles. The SMILES string of the molecule is CCN(C(C)=O)c1ccc([C@](O)(C(=O)OC)C(F)(F)F)cc1. The Kier molecular flexibility index (Phi) is 5.18. The number of hydrogen-bond acceptors (Lipinski definition) is 4. The van der Waals surface area contributed by atoms with Gasteiger partial charge in [0.2, 0.25) is 5.91 Å². The zero-order valence-electron chi connectivity index (χ0n) is 12.3. The lowest BCUT2D eigenvalue weighted by molar-refractivity contribution is -0.266. The minimum atomic E-state index is -5.24. The van der Waals surface area contributed by atoms with E-state index in [2.05, 4.69) is 4.74 Å². The van der Waals surface area contributed by atoms with E-state index in [1.165, 1.54) is 24.0 Å². The van der Waals surface area contributed by atoms with Gasteiger partial charge in [0.05, 0.1) is 7.11 Å². The molecule has 1 atom stereocenters.